The van der Waals surface area contributed by atoms with E-state index in [0.717, 1.165) is 25.9 Å². The van der Waals surface area contributed by atoms with Crippen LogP contribution in [0.5, 0.6) is 0 Å². The molecular formula is C13H20N2. The van der Waals surface area contributed by atoms with Gasteiger partial charge in [0.15, 0.2) is 0 Å². The smallest absolute Gasteiger partial charge is 0.0236 e. The molecule has 2 rings (SSSR count). The van der Waals surface area contributed by atoms with Crippen molar-refractivity contribution in [1.82, 2.24) is 4.90 Å². The maximum atomic E-state index is 5.95. The van der Waals surface area contributed by atoms with Gasteiger partial charge in [-0.3, -0.25) is 4.90 Å². The van der Waals surface area contributed by atoms with Gasteiger partial charge in [-0.2, -0.15) is 0 Å². The van der Waals surface area contributed by atoms with Crippen LogP contribution in [0.1, 0.15) is 25.3 Å². The van der Waals surface area contributed by atoms with Crippen LogP contribution in [-0.4, -0.2) is 23.5 Å². The second-order valence-corrected chi connectivity index (χ2v) is 4.59. The molecule has 0 bridgehead atoms. The zero-order chi connectivity index (χ0) is 10.7. The predicted octanol–water partition coefficient (Wildman–Crippen LogP) is 2.00. The molecule has 2 nitrogen and oxygen atoms in total. The minimum absolute atomic E-state index is 0.409. The lowest BCUT2D eigenvalue weighted by Crippen LogP contribution is -2.44. The highest BCUT2D eigenvalue weighted by Gasteiger charge is 2.22. The fraction of sp³-hybridized carbons (Fsp3) is 0.538. The number of hydrogen-bond donors (Lipinski definition) is 1. The number of hydrogen-bond acceptors (Lipinski definition) is 2. The molecule has 1 aromatic rings. The molecule has 2 atom stereocenters. The molecule has 0 amide bonds. The fourth-order valence-electron chi connectivity index (χ4n) is 2.31. The maximum absolute atomic E-state index is 5.95. The van der Waals surface area contributed by atoms with E-state index in [2.05, 4.69) is 42.2 Å². The Morgan fingerprint density at radius 2 is 2.07 bits per heavy atom. The van der Waals surface area contributed by atoms with E-state index in [1.165, 1.54) is 5.56 Å². The van der Waals surface area contributed by atoms with Crippen LogP contribution < -0.4 is 5.73 Å². The highest BCUT2D eigenvalue weighted by Crippen LogP contribution is 2.18. The summed E-state index contributed by atoms with van der Waals surface area (Å²) in [6, 6.07) is 11.7. The molecule has 0 unspecified atom stereocenters. The molecule has 15 heavy (non-hydrogen) atoms. The van der Waals surface area contributed by atoms with Crippen LogP contribution in [0.25, 0.3) is 0 Å². The van der Waals surface area contributed by atoms with Crippen molar-refractivity contribution in [2.75, 3.05) is 6.54 Å². The number of benzene rings is 1. The molecule has 1 aliphatic rings. The third-order valence-corrected chi connectivity index (χ3v) is 3.28. The zero-order valence-electron chi connectivity index (χ0n) is 9.39. The van der Waals surface area contributed by atoms with Crippen molar-refractivity contribution in [1.29, 1.82) is 0 Å². The van der Waals surface area contributed by atoms with Gasteiger partial charge in [0, 0.05) is 25.2 Å². The molecule has 1 heterocycles. The van der Waals surface area contributed by atoms with Crippen LogP contribution in [0.3, 0.4) is 0 Å². The summed E-state index contributed by atoms with van der Waals surface area (Å²) >= 11 is 0. The molecule has 0 saturated carbocycles. The summed E-state index contributed by atoms with van der Waals surface area (Å²) in [6.45, 7) is 4.48. The Balaban J connectivity index is 1.95. The average molecular weight is 204 g/mol. The van der Waals surface area contributed by atoms with Crippen molar-refractivity contribution in [3.05, 3.63) is 35.9 Å². The molecule has 1 aromatic carbocycles. The Morgan fingerprint density at radius 3 is 2.73 bits per heavy atom. The Morgan fingerprint density at radius 1 is 1.33 bits per heavy atom. The largest absolute Gasteiger partial charge is 0.328 e. The molecule has 0 spiro atoms. The van der Waals surface area contributed by atoms with Gasteiger partial charge in [0.1, 0.15) is 0 Å². The van der Waals surface area contributed by atoms with E-state index in [-0.39, 0.29) is 0 Å². The van der Waals surface area contributed by atoms with Gasteiger partial charge in [0.05, 0.1) is 0 Å². The summed E-state index contributed by atoms with van der Waals surface area (Å²) in [4.78, 5) is 2.53. The van der Waals surface area contributed by atoms with E-state index in [0.29, 0.717) is 12.1 Å². The molecular weight excluding hydrogens is 184 g/mol. The standard InChI is InChI=1S/C13H20N2/c1-11-9-13(14)7-8-15(11)10-12-5-3-2-4-6-12/h2-6,11,13H,7-10,14H2,1H3/t11-,13+/m1/s1. The lowest BCUT2D eigenvalue weighted by atomic mass is 9.98. The third kappa shape index (κ3) is 2.80. The lowest BCUT2D eigenvalue weighted by Gasteiger charge is -2.36. The Labute approximate surface area is 92.1 Å². The minimum Gasteiger partial charge on any atom is -0.328 e. The molecule has 0 aromatic heterocycles. The molecule has 82 valence electrons. The minimum atomic E-state index is 0.409. The summed E-state index contributed by atoms with van der Waals surface area (Å²) in [5, 5.41) is 0. The van der Waals surface area contributed by atoms with E-state index in [4.69, 9.17) is 5.73 Å². The number of likely N-dealkylation sites (tertiary alicyclic amines) is 1. The summed E-state index contributed by atoms with van der Waals surface area (Å²) in [5.41, 5.74) is 7.36. The van der Waals surface area contributed by atoms with Crippen LogP contribution in [-0.2, 0) is 6.54 Å². The van der Waals surface area contributed by atoms with Gasteiger partial charge in [0.25, 0.3) is 0 Å². The Hall–Kier alpha value is -0.860. The molecule has 1 saturated heterocycles. The van der Waals surface area contributed by atoms with Crippen molar-refractivity contribution >= 4 is 0 Å². The van der Waals surface area contributed by atoms with E-state index >= 15 is 0 Å². The number of nitrogens with two attached hydrogens (primary N) is 1. The highest BCUT2D eigenvalue weighted by atomic mass is 15.2. The van der Waals surface area contributed by atoms with E-state index < -0.39 is 0 Å². The molecule has 0 radical (unpaired) electrons. The molecule has 0 aliphatic carbocycles. The average Bonchev–Trinajstić information content (AvgIpc) is 2.24. The van der Waals surface area contributed by atoms with Gasteiger partial charge in [-0.25, -0.2) is 0 Å². The highest BCUT2D eigenvalue weighted by molar-refractivity contribution is 5.14. The summed E-state index contributed by atoms with van der Waals surface area (Å²) in [5.74, 6) is 0. The summed E-state index contributed by atoms with van der Waals surface area (Å²) in [6.07, 6.45) is 2.27. The SMILES string of the molecule is C[C@@H]1C[C@@H](N)CCN1Cc1ccccc1. The summed E-state index contributed by atoms with van der Waals surface area (Å²) < 4.78 is 0. The van der Waals surface area contributed by atoms with Crippen LogP contribution in [0, 0.1) is 0 Å². The second kappa shape index (κ2) is 4.77. The van der Waals surface area contributed by atoms with Crippen LogP contribution in [0.2, 0.25) is 0 Å². The lowest BCUT2D eigenvalue weighted by molar-refractivity contribution is 0.140. The maximum Gasteiger partial charge on any atom is 0.0236 e. The number of rotatable bonds is 2. The van der Waals surface area contributed by atoms with Crippen LogP contribution in [0.4, 0.5) is 0 Å². The molecule has 2 heteroatoms. The third-order valence-electron chi connectivity index (χ3n) is 3.28. The topological polar surface area (TPSA) is 29.3 Å². The van der Waals surface area contributed by atoms with Crippen molar-refractivity contribution in [3.8, 4) is 0 Å². The summed E-state index contributed by atoms with van der Waals surface area (Å²) in [7, 11) is 0. The molecule has 1 fully saturated rings. The Kier molecular flexibility index (Phi) is 3.39. The van der Waals surface area contributed by atoms with E-state index in [9.17, 15) is 0 Å². The van der Waals surface area contributed by atoms with E-state index in [1.807, 2.05) is 0 Å². The van der Waals surface area contributed by atoms with Crippen molar-refractivity contribution in [2.24, 2.45) is 5.73 Å². The molecule has 2 N–H and O–H groups in total. The normalized spacial score (nSPS) is 27.9. The van der Waals surface area contributed by atoms with Gasteiger partial charge >= 0.3 is 0 Å². The van der Waals surface area contributed by atoms with Gasteiger partial charge in [0.2, 0.25) is 0 Å². The van der Waals surface area contributed by atoms with Crippen molar-refractivity contribution in [2.45, 2.75) is 38.4 Å². The monoisotopic (exact) mass is 204 g/mol. The first-order chi connectivity index (χ1) is 7.25. The zero-order valence-corrected chi connectivity index (χ0v) is 9.39. The van der Waals surface area contributed by atoms with Gasteiger partial charge in [-0.1, -0.05) is 30.3 Å². The Bertz CT molecular complexity index is 297. The van der Waals surface area contributed by atoms with Crippen molar-refractivity contribution < 1.29 is 0 Å². The van der Waals surface area contributed by atoms with Gasteiger partial charge in [-0.15, -0.1) is 0 Å². The quantitative estimate of drug-likeness (QED) is 0.798. The second-order valence-electron chi connectivity index (χ2n) is 4.59. The predicted molar refractivity (Wildman–Crippen MR) is 63.5 cm³/mol. The molecule has 1 aliphatic heterocycles. The first-order valence-corrected chi connectivity index (χ1v) is 5.79. The first kappa shape index (κ1) is 10.7. The van der Waals surface area contributed by atoms with E-state index in [1.54, 1.807) is 0 Å². The van der Waals surface area contributed by atoms with Gasteiger partial charge < -0.3 is 5.73 Å². The first-order valence-electron chi connectivity index (χ1n) is 5.79. The van der Waals surface area contributed by atoms with Crippen LogP contribution in [0.15, 0.2) is 30.3 Å². The van der Waals surface area contributed by atoms with Crippen molar-refractivity contribution in [3.63, 3.8) is 0 Å². The van der Waals surface area contributed by atoms with Crippen LogP contribution >= 0.6 is 0 Å². The fourth-order valence-corrected chi connectivity index (χ4v) is 2.31. The number of nitrogens with zero attached hydrogens (tertiary/aromatic N) is 1. The number of piperidine rings is 1. The van der Waals surface area contributed by atoms with Gasteiger partial charge in [-0.05, 0) is 25.3 Å².